The van der Waals surface area contributed by atoms with Gasteiger partial charge >= 0.3 is 0 Å². The van der Waals surface area contributed by atoms with E-state index in [0.29, 0.717) is 5.56 Å². The summed E-state index contributed by atoms with van der Waals surface area (Å²) in [6.07, 6.45) is 1.96. The lowest BCUT2D eigenvalue weighted by molar-refractivity contribution is 0.0813. The van der Waals surface area contributed by atoms with Crippen LogP contribution in [0.15, 0.2) is 41.2 Å². The van der Waals surface area contributed by atoms with Crippen LogP contribution in [0, 0.1) is 0 Å². The Morgan fingerprint density at radius 3 is 2.55 bits per heavy atom. The molecule has 2 heterocycles. The zero-order valence-corrected chi connectivity index (χ0v) is 12.0. The number of carbonyl (C=O) groups excluding carboxylic acids is 1. The first kappa shape index (κ1) is 13.0. The average molecular weight is 286 g/mol. The lowest BCUT2D eigenvalue weighted by atomic mass is 10.0. The van der Waals surface area contributed by atoms with Gasteiger partial charge in [0.1, 0.15) is 5.37 Å². The normalized spacial score (nSPS) is 17.4. The Balaban J connectivity index is 2.31. The monoisotopic (exact) mass is 286 g/mol. The van der Waals surface area contributed by atoms with Gasteiger partial charge in [-0.15, -0.1) is 11.8 Å². The van der Waals surface area contributed by atoms with Crippen molar-refractivity contribution in [3.63, 3.8) is 0 Å². The molecule has 1 aromatic heterocycles. The number of fused-ring (bicyclic) bond motifs is 1. The molecule has 0 saturated heterocycles. The SMILES string of the molecule is CS[C@H]1c2c(cc(=O)[nH]c2-c2ccccc2)C(=O)N1C. The topological polar surface area (TPSA) is 53.2 Å². The molecule has 2 aromatic rings. The molecule has 1 amide bonds. The maximum atomic E-state index is 12.3. The smallest absolute Gasteiger partial charge is 0.255 e. The van der Waals surface area contributed by atoms with Gasteiger partial charge in [-0.05, 0) is 11.8 Å². The molecule has 0 fully saturated rings. The van der Waals surface area contributed by atoms with Crippen LogP contribution in [0.1, 0.15) is 21.3 Å². The number of pyridine rings is 1. The zero-order chi connectivity index (χ0) is 14.3. The van der Waals surface area contributed by atoms with Gasteiger partial charge < -0.3 is 9.88 Å². The molecule has 1 aromatic carbocycles. The highest BCUT2D eigenvalue weighted by Crippen LogP contribution is 2.42. The Morgan fingerprint density at radius 1 is 1.20 bits per heavy atom. The molecule has 1 aliphatic rings. The van der Waals surface area contributed by atoms with Crippen molar-refractivity contribution in [2.75, 3.05) is 13.3 Å². The molecule has 0 spiro atoms. The van der Waals surface area contributed by atoms with Crippen LogP contribution in [0.5, 0.6) is 0 Å². The third-order valence-corrected chi connectivity index (χ3v) is 4.52. The summed E-state index contributed by atoms with van der Waals surface area (Å²) < 4.78 is 0. The maximum absolute atomic E-state index is 12.3. The van der Waals surface area contributed by atoms with Crippen molar-refractivity contribution in [3.8, 4) is 11.3 Å². The minimum absolute atomic E-state index is 0.0652. The van der Waals surface area contributed by atoms with Gasteiger partial charge in [-0.2, -0.15) is 0 Å². The highest BCUT2D eigenvalue weighted by Gasteiger charge is 2.36. The van der Waals surface area contributed by atoms with E-state index in [4.69, 9.17) is 0 Å². The van der Waals surface area contributed by atoms with Crippen LogP contribution in [-0.4, -0.2) is 29.1 Å². The van der Waals surface area contributed by atoms with Crippen LogP contribution in [0.25, 0.3) is 11.3 Å². The molecule has 4 nitrogen and oxygen atoms in total. The summed E-state index contributed by atoms with van der Waals surface area (Å²) in [7, 11) is 1.77. The van der Waals surface area contributed by atoms with Crippen LogP contribution >= 0.6 is 11.8 Å². The number of hydrogen-bond donors (Lipinski definition) is 1. The predicted molar refractivity (Wildman–Crippen MR) is 80.8 cm³/mol. The Labute approximate surface area is 120 Å². The molecule has 0 radical (unpaired) electrons. The molecule has 20 heavy (non-hydrogen) atoms. The van der Waals surface area contributed by atoms with Crippen LogP contribution < -0.4 is 5.56 Å². The highest BCUT2D eigenvalue weighted by molar-refractivity contribution is 7.98. The predicted octanol–water partition coefficient (Wildman–Crippen LogP) is 2.49. The number of nitrogens with one attached hydrogen (secondary N) is 1. The van der Waals surface area contributed by atoms with E-state index in [0.717, 1.165) is 16.8 Å². The zero-order valence-electron chi connectivity index (χ0n) is 11.2. The number of nitrogens with zero attached hydrogens (tertiary/aromatic N) is 1. The Morgan fingerprint density at radius 2 is 1.90 bits per heavy atom. The van der Waals surface area contributed by atoms with Crippen LogP contribution in [0.3, 0.4) is 0 Å². The van der Waals surface area contributed by atoms with Crippen molar-refractivity contribution in [2.45, 2.75) is 5.37 Å². The maximum Gasteiger partial charge on any atom is 0.255 e. The van der Waals surface area contributed by atoms with Crippen molar-refractivity contribution >= 4 is 17.7 Å². The van der Waals surface area contributed by atoms with E-state index in [9.17, 15) is 9.59 Å². The van der Waals surface area contributed by atoms with E-state index >= 15 is 0 Å². The van der Waals surface area contributed by atoms with Gasteiger partial charge in [0.05, 0.1) is 11.3 Å². The lowest BCUT2D eigenvalue weighted by Gasteiger charge is -2.19. The molecule has 1 atom stereocenters. The Hall–Kier alpha value is -2.01. The molecule has 102 valence electrons. The lowest BCUT2D eigenvalue weighted by Crippen LogP contribution is -2.21. The first-order chi connectivity index (χ1) is 9.63. The number of H-pyrrole nitrogens is 1. The summed E-state index contributed by atoms with van der Waals surface area (Å²) in [4.78, 5) is 28.7. The summed E-state index contributed by atoms with van der Waals surface area (Å²) in [6, 6.07) is 11.0. The first-order valence-corrected chi connectivity index (χ1v) is 7.55. The molecule has 1 aliphatic heterocycles. The average Bonchev–Trinajstić information content (AvgIpc) is 2.71. The number of benzene rings is 1. The van der Waals surface area contributed by atoms with E-state index in [-0.39, 0.29) is 16.8 Å². The summed E-state index contributed by atoms with van der Waals surface area (Å²) in [6.45, 7) is 0. The molecule has 5 heteroatoms. The molecule has 0 saturated carbocycles. The van der Waals surface area contributed by atoms with Crippen LogP contribution in [-0.2, 0) is 0 Å². The van der Waals surface area contributed by atoms with Gasteiger partial charge in [-0.3, -0.25) is 9.59 Å². The van der Waals surface area contributed by atoms with Gasteiger partial charge in [0.2, 0.25) is 5.56 Å². The van der Waals surface area contributed by atoms with Crippen LogP contribution in [0.4, 0.5) is 0 Å². The van der Waals surface area contributed by atoms with E-state index in [1.54, 1.807) is 23.7 Å². The molecule has 0 bridgehead atoms. The van der Waals surface area contributed by atoms with Crippen LogP contribution in [0.2, 0.25) is 0 Å². The second kappa shape index (κ2) is 4.83. The van der Waals surface area contributed by atoms with E-state index < -0.39 is 0 Å². The molecule has 3 rings (SSSR count). The summed E-state index contributed by atoms with van der Waals surface area (Å²) in [5.41, 5.74) is 2.82. The molecular formula is C15H14N2O2S. The number of thioether (sulfide) groups is 1. The quantitative estimate of drug-likeness (QED) is 0.923. The van der Waals surface area contributed by atoms with E-state index in [1.807, 2.05) is 36.6 Å². The number of aromatic amines is 1. The first-order valence-electron chi connectivity index (χ1n) is 6.26. The van der Waals surface area contributed by atoms with Crippen molar-refractivity contribution in [1.29, 1.82) is 0 Å². The third kappa shape index (κ3) is 1.86. The summed E-state index contributed by atoms with van der Waals surface area (Å²) in [5.74, 6) is -0.0948. The van der Waals surface area contributed by atoms with Crippen molar-refractivity contribution in [3.05, 3.63) is 57.9 Å². The fourth-order valence-electron chi connectivity index (χ4n) is 2.60. The second-order valence-electron chi connectivity index (χ2n) is 4.71. The van der Waals surface area contributed by atoms with E-state index in [1.165, 1.54) is 6.07 Å². The Kier molecular flexibility index (Phi) is 3.14. The number of hydrogen-bond acceptors (Lipinski definition) is 3. The highest BCUT2D eigenvalue weighted by atomic mass is 32.2. The third-order valence-electron chi connectivity index (χ3n) is 3.52. The molecular weight excluding hydrogens is 272 g/mol. The second-order valence-corrected chi connectivity index (χ2v) is 5.62. The molecule has 1 N–H and O–H groups in total. The number of rotatable bonds is 2. The largest absolute Gasteiger partial charge is 0.325 e. The van der Waals surface area contributed by atoms with Gasteiger partial charge in [0.25, 0.3) is 5.91 Å². The minimum Gasteiger partial charge on any atom is -0.325 e. The summed E-state index contributed by atoms with van der Waals surface area (Å²) in [5, 5.41) is -0.0652. The van der Waals surface area contributed by atoms with Gasteiger partial charge in [0, 0.05) is 18.7 Å². The Bertz CT molecular complexity index is 724. The van der Waals surface area contributed by atoms with Gasteiger partial charge in [0.15, 0.2) is 0 Å². The van der Waals surface area contributed by atoms with Crippen molar-refractivity contribution in [1.82, 2.24) is 9.88 Å². The van der Waals surface area contributed by atoms with Gasteiger partial charge in [-0.25, -0.2) is 0 Å². The van der Waals surface area contributed by atoms with Crippen molar-refractivity contribution < 1.29 is 4.79 Å². The van der Waals surface area contributed by atoms with E-state index in [2.05, 4.69) is 4.98 Å². The standard InChI is InChI=1S/C15H14N2O2S/c1-17-14(19)10-8-11(18)16-13(12(10)15(17)20-2)9-6-4-3-5-7-9/h3-8,15H,1-2H3,(H,16,18)/t15-/m0/s1. The fraction of sp³-hybridized carbons (Fsp3) is 0.200. The fourth-order valence-corrected chi connectivity index (χ4v) is 3.49. The van der Waals surface area contributed by atoms with Crippen molar-refractivity contribution in [2.24, 2.45) is 0 Å². The molecule has 0 aliphatic carbocycles. The number of aromatic nitrogens is 1. The number of amides is 1. The van der Waals surface area contributed by atoms with Gasteiger partial charge in [-0.1, -0.05) is 30.3 Å². The summed E-state index contributed by atoms with van der Waals surface area (Å²) >= 11 is 1.58. The minimum atomic E-state index is -0.244. The number of carbonyl (C=O) groups is 1. The molecule has 0 unspecified atom stereocenters.